The number of morpholine rings is 1. The zero-order chi connectivity index (χ0) is 16.6. The number of hydrogen-bond acceptors (Lipinski definition) is 3. The van der Waals surface area contributed by atoms with Crippen LogP contribution in [0.4, 0.5) is 0 Å². The van der Waals surface area contributed by atoms with E-state index in [4.69, 9.17) is 4.74 Å². The average molecular weight is 328 g/mol. The first kappa shape index (κ1) is 16.1. The maximum atomic E-state index is 12.5. The zero-order valence-electron chi connectivity index (χ0n) is 14.6. The number of nitrogens with one attached hydrogen (secondary N) is 1. The highest BCUT2D eigenvalue weighted by atomic mass is 16.5. The van der Waals surface area contributed by atoms with Gasteiger partial charge in [0.25, 0.3) is 5.91 Å². The minimum Gasteiger partial charge on any atom is -0.357 e. The number of rotatable bonds is 4. The van der Waals surface area contributed by atoms with Crippen molar-refractivity contribution in [3.8, 4) is 0 Å². The number of carbonyl (C=O) groups excluding carboxylic acids is 1. The van der Waals surface area contributed by atoms with E-state index in [-0.39, 0.29) is 11.5 Å². The molecule has 1 aromatic rings. The summed E-state index contributed by atoms with van der Waals surface area (Å²) < 4.78 is 6.45. The van der Waals surface area contributed by atoms with E-state index in [1.165, 1.54) is 5.56 Å². The standard InChI is InChI=1S/C20H28N2O2/c1-2-22-15-19(24-20(12-13-20)18(22)23)10-8-17(9-11-19)21-14-16-6-4-3-5-7-16/h3-7,17,21H,2,8-15H2,1H3/t17-,19-. The van der Waals surface area contributed by atoms with E-state index in [1.807, 2.05) is 4.90 Å². The zero-order valence-corrected chi connectivity index (χ0v) is 14.6. The van der Waals surface area contributed by atoms with Gasteiger partial charge in [-0.1, -0.05) is 30.3 Å². The maximum Gasteiger partial charge on any atom is 0.254 e. The quantitative estimate of drug-likeness (QED) is 0.924. The molecule has 2 spiro atoms. The second-order valence-corrected chi connectivity index (χ2v) is 7.74. The number of amides is 1. The van der Waals surface area contributed by atoms with Crippen molar-refractivity contribution < 1.29 is 9.53 Å². The molecule has 24 heavy (non-hydrogen) atoms. The molecule has 4 rings (SSSR count). The van der Waals surface area contributed by atoms with Gasteiger partial charge < -0.3 is 15.0 Å². The molecular formula is C20H28N2O2. The third kappa shape index (κ3) is 2.98. The van der Waals surface area contributed by atoms with Crippen LogP contribution in [-0.2, 0) is 16.1 Å². The van der Waals surface area contributed by atoms with Gasteiger partial charge in [-0.15, -0.1) is 0 Å². The second kappa shape index (κ2) is 6.16. The predicted octanol–water partition coefficient (Wildman–Crippen LogP) is 2.87. The van der Waals surface area contributed by atoms with Gasteiger partial charge in [0.15, 0.2) is 0 Å². The van der Waals surface area contributed by atoms with Crippen LogP contribution in [0.25, 0.3) is 0 Å². The van der Waals surface area contributed by atoms with Gasteiger partial charge in [-0.25, -0.2) is 0 Å². The number of ether oxygens (including phenoxy) is 1. The van der Waals surface area contributed by atoms with Crippen molar-refractivity contribution in [3.05, 3.63) is 35.9 Å². The van der Waals surface area contributed by atoms with E-state index in [1.54, 1.807) is 0 Å². The Hall–Kier alpha value is -1.39. The van der Waals surface area contributed by atoms with Crippen LogP contribution in [0.3, 0.4) is 0 Å². The van der Waals surface area contributed by atoms with Crippen molar-refractivity contribution in [2.45, 2.75) is 69.2 Å². The Kier molecular flexibility index (Phi) is 4.13. The van der Waals surface area contributed by atoms with Crippen LogP contribution in [0, 0.1) is 0 Å². The Balaban J connectivity index is 1.34. The van der Waals surface area contributed by atoms with Crippen LogP contribution in [0.5, 0.6) is 0 Å². The number of benzene rings is 1. The van der Waals surface area contributed by atoms with E-state index >= 15 is 0 Å². The van der Waals surface area contributed by atoms with Crippen molar-refractivity contribution in [2.75, 3.05) is 13.1 Å². The lowest BCUT2D eigenvalue weighted by Crippen LogP contribution is -2.61. The SMILES string of the molecule is CCN1C[C@]2(CC[C@@H](NCc3ccccc3)CC2)OC2(CC2)C1=O. The summed E-state index contributed by atoms with van der Waals surface area (Å²) in [4.78, 5) is 14.5. The third-order valence-corrected chi connectivity index (χ3v) is 5.99. The maximum absolute atomic E-state index is 12.5. The molecule has 1 heterocycles. The van der Waals surface area contributed by atoms with E-state index in [0.29, 0.717) is 6.04 Å². The van der Waals surface area contributed by atoms with Gasteiger partial charge in [-0.05, 0) is 51.0 Å². The molecule has 3 fully saturated rings. The lowest BCUT2D eigenvalue weighted by atomic mass is 9.80. The highest BCUT2D eigenvalue weighted by molar-refractivity contribution is 5.89. The van der Waals surface area contributed by atoms with Crippen molar-refractivity contribution in [1.29, 1.82) is 0 Å². The van der Waals surface area contributed by atoms with Crippen LogP contribution in [0.15, 0.2) is 30.3 Å². The second-order valence-electron chi connectivity index (χ2n) is 7.74. The summed E-state index contributed by atoms with van der Waals surface area (Å²) in [5.41, 5.74) is 0.801. The van der Waals surface area contributed by atoms with Crippen molar-refractivity contribution in [3.63, 3.8) is 0 Å². The van der Waals surface area contributed by atoms with Crippen molar-refractivity contribution in [1.82, 2.24) is 10.2 Å². The first-order chi connectivity index (χ1) is 11.6. The number of likely N-dealkylation sites (N-methyl/N-ethyl adjacent to an activating group) is 1. The molecule has 0 aromatic heterocycles. The Bertz CT molecular complexity index is 589. The molecule has 4 nitrogen and oxygen atoms in total. The van der Waals surface area contributed by atoms with E-state index in [9.17, 15) is 4.79 Å². The molecule has 1 saturated heterocycles. The Labute approximate surface area is 144 Å². The Morgan fingerprint density at radius 2 is 1.88 bits per heavy atom. The van der Waals surface area contributed by atoms with Crippen LogP contribution < -0.4 is 5.32 Å². The molecule has 1 aromatic carbocycles. The van der Waals surface area contributed by atoms with E-state index < -0.39 is 5.60 Å². The smallest absolute Gasteiger partial charge is 0.254 e. The molecule has 130 valence electrons. The minimum atomic E-state index is -0.446. The molecule has 1 N–H and O–H groups in total. The summed E-state index contributed by atoms with van der Waals surface area (Å²) in [7, 11) is 0. The van der Waals surface area contributed by atoms with Crippen LogP contribution in [-0.4, -0.2) is 41.1 Å². The molecule has 1 aliphatic heterocycles. The number of carbonyl (C=O) groups is 1. The minimum absolute atomic E-state index is 0.0919. The first-order valence-corrected chi connectivity index (χ1v) is 9.42. The first-order valence-electron chi connectivity index (χ1n) is 9.42. The van der Waals surface area contributed by atoms with Crippen molar-refractivity contribution >= 4 is 5.91 Å². The summed E-state index contributed by atoms with van der Waals surface area (Å²) >= 11 is 0. The molecule has 2 aliphatic carbocycles. The van der Waals surface area contributed by atoms with Gasteiger partial charge in [0.1, 0.15) is 5.60 Å². The number of nitrogens with zero attached hydrogens (tertiary/aromatic N) is 1. The lowest BCUT2D eigenvalue weighted by Gasteiger charge is -2.49. The largest absolute Gasteiger partial charge is 0.357 e. The lowest BCUT2D eigenvalue weighted by molar-refractivity contribution is -0.198. The van der Waals surface area contributed by atoms with Gasteiger partial charge in [0.2, 0.25) is 0 Å². The molecule has 1 amide bonds. The van der Waals surface area contributed by atoms with Crippen LogP contribution in [0.2, 0.25) is 0 Å². The molecule has 3 aliphatic rings. The molecule has 2 saturated carbocycles. The summed E-state index contributed by atoms with van der Waals surface area (Å²) in [6, 6.07) is 11.1. The molecule has 4 heteroatoms. The summed E-state index contributed by atoms with van der Waals surface area (Å²) in [5.74, 6) is 0.236. The third-order valence-electron chi connectivity index (χ3n) is 5.99. The van der Waals surface area contributed by atoms with Gasteiger partial charge in [-0.2, -0.15) is 0 Å². The number of hydrogen-bond donors (Lipinski definition) is 1. The van der Waals surface area contributed by atoms with Crippen molar-refractivity contribution in [2.24, 2.45) is 0 Å². The molecule has 0 radical (unpaired) electrons. The fraction of sp³-hybridized carbons (Fsp3) is 0.650. The normalized spacial score (nSPS) is 31.6. The fourth-order valence-corrected chi connectivity index (χ4v) is 4.35. The average Bonchev–Trinajstić information content (AvgIpc) is 3.39. The molecular weight excluding hydrogens is 300 g/mol. The highest BCUT2D eigenvalue weighted by Crippen LogP contribution is 2.50. The monoisotopic (exact) mass is 328 g/mol. The van der Waals surface area contributed by atoms with E-state index in [0.717, 1.165) is 58.2 Å². The Morgan fingerprint density at radius 3 is 2.50 bits per heavy atom. The molecule has 0 unspecified atom stereocenters. The van der Waals surface area contributed by atoms with Crippen LogP contribution in [0.1, 0.15) is 51.0 Å². The Morgan fingerprint density at radius 1 is 1.17 bits per heavy atom. The molecule has 0 atom stereocenters. The predicted molar refractivity (Wildman–Crippen MR) is 93.6 cm³/mol. The van der Waals surface area contributed by atoms with Gasteiger partial charge in [0, 0.05) is 25.7 Å². The van der Waals surface area contributed by atoms with Gasteiger partial charge >= 0.3 is 0 Å². The molecule has 0 bridgehead atoms. The summed E-state index contributed by atoms with van der Waals surface area (Å²) in [6.45, 7) is 4.61. The van der Waals surface area contributed by atoms with Gasteiger partial charge in [-0.3, -0.25) is 4.79 Å². The van der Waals surface area contributed by atoms with Gasteiger partial charge in [0.05, 0.1) is 5.60 Å². The van der Waals surface area contributed by atoms with E-state index in [2.05, 4.69) is 42.6 Å². The summed E-state index contributed by atoms with van der Waals surface area (Å²) in [5, 5.41) is 3.69. The highest BCUT2D eigenvalue weighted by Gasteiger charge is 2.61. The topological polar surface area (TPSA) is 41.6 Å². The summed E-state index contributed by atoms with van der Waals surface area (Å²) in [6.07, 6.45) is 6.22. The fourth-order valence-electron chi connectivity index (χ4n) is 4.35. The van der Waals surface area contributed by atoms with Crippen LogP contribution >= 0.6 is 0 Å².